The third-order valence-corrected chi connectivity index (χ3v) is 2.65. The van der Waals surface area contributed by atoms with Crippen LogP contribution in [0.3, 0.4) is 0 Å². The fraction of sp³-hybridized carbons (Fsp3) is 0.0833. The second-order valence-corrected chi connectivity index (χ2v) is 4.15. The lowest BCUT2D eigenvalue weighted by Gasteiger charge is -1.98. The summed E-state index contributed by atoms with van der Waals surface area (Å²) in [4.78, 5) is 11.7. The topological polar surface area (TPSA) is 30.2 Å². The van der Waals surface area contributed by atoms with E-state index in [0.717, 1.165) is 10.0 Å². The molecular formula is C12H9BrO2. The van der Waals surface area contributed by atoms with Gasteiger partial charge in [-0.2, -0.15) is 0 Å². The van der Waals surface area contributed by atoms with E-state index in [2.05, 4.69) is 15.9 Å². The first kappa shape index (κ1) is 10.2. The van der Waals surface area contributed by atoms with E-state index in [1.165, 1.54) is 12.5 Å². The lowest BCUT2D eigenvalue weighted by molar-refractivity contribution is 0.0992. The van der Waals surface area contributed by atoms with Gasteiger partial charge >= 0.3 is 0 Å². The van der Waals surface area contributed by atoms with Crippen LogP contribution < -0.4 is 0 Å². The molecule has 0 fully saturated rings. The zero-order chi connectivity index (χ0) is 10.7. The molecule has 0 radical (unpaired) electrons. The Morgan fingerprint density at radius 3 is 2.53 bits per heavy atom. The van der Waals surface area contributed by atoms with Crippen LogP contribution in [-0.2, 0) is 6.42 Å². The fourth-order valence-corrected chi connectivity index (χ4v) is 1.58. The van der Waals surface area contributed by atoms with Crippen molar-refractivity contribution < 1.29 is 9.21 Å². The van der Waals surface area contributed by atoms with Crippen molar-refractivity contribution in [2.24, 2.45) is 0 Å². The van der Waals surface area contributed by atoms with Crippen molar-refractivity contribution in [3.05, 3.63) is 58.5 Å². The molecule has 0 unspecified atom stereocenters. The number of furan rings is 1. The summed E-state index contributed by atoms with van der Waals surface area (Å²) in [7, 11) is 0. The fourth-order valence-electron chi connectivity index (χ4n) is 1.31. The molecule has 0 aliphatic heterocycles. The molecule has 2 nitrogen and oxygen atoms in total. The van der Waals surface area contributed by atoms with Crippen molar-refractivity contribution in [1.29, 1.82) is 0 Å². The van der Waals surface area contributed by atoms with Crippen LogP contribution >= 0.6 is 15.9 Å². The Bertz CT molecular complexity index is 443. The van der Waals surface area contributed by atoms with Crippen molar-refractivity contribution in [3.8, 4) is 0 Å². The van der Waals surface area contributed by atoms with Crippen LogP contribution in [0.25, 0.3) is 0 Å². The zero-order valence-corrected chi connectivity index (χ0v) is 9.53. The SMILES string of the molecule is O=C(Cc1ccc(Br)cc1)c1ccoc1. The number of ketones is 1. The quantitative estimate of drug-likeness (QED) is 0.795. The van der Waals surface area contributed by atoms with Gasteiger partial charge in [0.05, 0.1) is 11.8 Å². The number of hydrogen-bond acceptors (Lipinski definition) is 2. The predicted octanol–water partition coefficient (Wildman–Crippen LogP) is 3.47. The van der Waals surface area contributed by atoms with E-state index in [-0.39, 0.29) is 5.78 Å². The van der Waals surface area contributed by atoms with Crippen molar-refractivity contribution in [2.75, 3.05) is 0 Å². The second-order valence-electron chi connectivity index (χ2n) is 3.24. The van der Waals surface area contributed by atoms with Crippen LogP contribution in [-0.4, -0.2) is 5.78 Å². The molecule has 0 aliphatic rings. The van der Waals surface area contributed by atoms with E-state index in [4.69, 9.17) is 4.42 Å². The third-order valence-electron chi connectivity index (χ3n) is 2.12. The minimum Gasteiger partial charge on any atom is -0.472 e. The molecule has 0 N–H and O–H groups in total. The molecule has 0 amide bonds. The van der Waals surface area contributed by atoms with E-state index < -0.39 is 0 Å². The summed E-state index contributed by atoms with van der Waals surface area (Å²) >= 11 is 3.35. The molecule has 1 aromatic carbocycles. The molecule has 0 aliphatic carbocycles. The Balaban J connectivity index is 2.09. The Labute approximate surface area is 96.0 Å². The van der Waals surface area contributed by atoms with Gasteiger partial charge in [-0.3, -0.25) is 4.79 Å². The molecule has 0 atom stereocenters. The Morgan fingerprint density at radius 2 is 1.93 bits per heavy atom. The van der Waals surface area contributed by atoms with Crippen LogP contribution in [0.15, 0.2) is 51.7 Å². The molecule has 0 saturated carbocycles. The van der Waals surface area contributed by atoms with Crippen LogP contribution in [0, 0.1) is 0 Å². The van der Waals surface area contributed by atoms with Crippen molar-refractivity contribution in [3.63, 3.8) is 0 Å². The van der Waals surface area contributed by atoms with E-state index in [1.54, 1.807) is 6.07 Å². The lowest BCUT2D eigenvalue weighted by atomic mass is 10.1. The second kappa shape index (κ2) is 4.45. The Morgan fingerprint density at radius 1 is 1.20 bits per heavy atom. The monoisotopic (exact) mass is 264 g/mol. The highest BCUT2D eigenvalue weighted by Crippen LogP contribution is 2.13. The maximum atomic E-state index is 11.7. The summed E-state index contributed by atoms with van der Waals surface area (Å²) in [6.07, 6.45) is 3.39. The summed E-state index contributed by atoms with van der Waals surface area (Å²) in [5.41, 5.74) is 1.63. The van der Waals surface area contributed by atoms with Gasteiger partial charge in [0.2, 0.25) is 0 Å². The van der Waals surface area contributed by atoms with Crippen LogP contribution in [0.1, 0.15) is 15.9 Å². The lowest BCUT2D eigenvalue weighted by Crippen LogP contribution is -2.01. The van der Waals surface area contributed by atoms with E-state index >= 15 is 0 Å². The molecule has 1 heterocycles. The van der Waals surface area contributed by atoms with Gasteiger partial charge in [-0.15, -0.1) is 0 Å². The molecule has 76 valence electrons. The van der Waals surface area contributed by atoms with Gasteiger partial charge in [-0.1, -0.05) is 28.1 Å². The number of carbonyl (C=O) groups excluding carboxylic acids is 1. The first-order chi connectivity index (χ1) is 7.25. The average molecular weight is 265 g/mol. The summed E-state index contributed by atoms with van der Waals surface area (Å²) in [5.74, 6) is 0.0751. The summed E-state index contributed by atoms with van der Waals surface area (Å²) < 4.78 is 5.88. The molecule has 2 aromatic rings. The number of carbonyl (C=O) groups is 1. The Hall–Kier alpha value is -1.35. The van der Waals surface area contributed by atoms with Gasteiger partial charge in [0.1, 0.15) is 6.26 Å². The molecule has 2 rings (SSSR count). The van der Waals surface area contributed by atoms with Crippen LogP contribution in [0.5, 0.6) is 0 Å². The van der Waals surface area contributed by atoms with Gasteiger partial charge in [-0.05, 0) is 23.8 Å². The molecule has 0 bridgehead atoms. The summed E-state index contributed by atoms with van der Waals surface area (Å²) in [6.45, 7) is 0. The highest BCUT2D eigenvalue weighted by atomic mass is 79.9. The largest absolute Gasteiger partial charge is 0.472 e. The number of rotatable bonds is 3. The van der Waals surface area contributed by atoms with Crippen molar-refractivity contribution >= 4 is 21.7 Å². The minimum absolute atomic E-state index is 0.0751. The molecular weight excluding hydrogens is 256 g/mol. The first-order valence-corrected chi connectivity index (χ1v) is 5.35. The highest BCUT2D eigenvalue weighted by Gasteiger charge is 2.07. The van der Waals surface area contributed by atoms with E-state index in [9.17, 15) is 4.79 Å². The molecule has 15 heavy (non-hydrogen) atoms. The number of Topliss-reactive ketones (excluding diaryl/α,β-unsaturated/α-hetero) is 1. The van der Waals surface area contributed by atoms with Gasteiger partial charge < -0.3 is 4.42 Å². The molecule has 3 heteroatoms. The predicted molar refractivity (Wildman–Crippen MR) is 60.9 cm³/mol. The number of hydrogen-bond donors (Lipinski definition) is 0. The summed E-state index contributed by atoms with van der Waals surface area (Å²) in [5, 5.41) is 0. The number of benzene rings is 1. The van der Waals surface area contributed by atoms with Gasteiger partial charge in [0.25, 0.3) is 0 Å². The number of halogens is 1. The molecule has 0 spiro atoms. The van der Waals surface area contributed by atoms with Gasteiger partial charge in [0, 0.05) is 10.9 Å². The normalized spacial score (nSPS) is 10.2. The van der Waals surface area contributed by atoms with E-state index in [0.29, 0.717) is 12.0 Å². The average Bonchev–Trinajstić information content (AvgIpc) is 2.74. The maximum Gasteiger partial charge on any atom is 0.170 e. The maximum absolute atomic E-state index is 11.7. The van der Waals surface area contributed by atoms with Crippen molar-refractivity contribution in [2.45, 2.75) is 6.42 Å². The summed E-state index contributed by atoms with van der Waals surface area (Å²) in [6, 6.07) is 9.40. The van der Waals surface area contributed by atoms with Crippen LogP contribution in [0.2, 0.25) is 0 Å². The third kappa shape index (κ3) is 2.57. The molecule has 1 aromatic heterocycles. The van der Waals surface area contributed by atoms with Crippen molar-refractivity contribution in [1.82, 2.24) is 0 Å². The standard InChI is InChI=1S/C12H9BrO2/c13-11-3-1-9(2-4-11)7-12(14)10-5-6-15-8-10/h1-6,8H,7H2. The Kier molecular flexibility index (Phi) is 3.02. The van der Waals surface area contributed by atoms with E-state index in [1.807, 2.05) is 24.3 Å². The van der Waals surface area contributed by atoms with Gasteiger partial charge in [0.15, 0.2) is 5.78 Å². The molecule has 0 saturated heterocycles. The van der Waals surface area contributed by atoms with Crippen LogP contribution in [0.4, 0.5) is 0 Å². The first-order valence-electron chi connectivity index (χ1n) is 4.55. The zero-order valence-electron chi connectivity index (χ0n) is 7.94. The minimum atomic E-state index is 0.0751. The van der Waals surface area contributed by atoms with Gasteiger partial charge in [-0.25, -0.2) is 0 Å². The highest BCUT2D eigenvalue weighted by molar-refractivity contribution is 9.10. The smallest absolute Gasteiger partial charge is 0.170 e.